The van der Waals surface area contributed by atoms with E-state index in [4.69, 9.17) is 5.11 Å². The van der Waals surface area contributed by atoms with Gasteiger partial charge in [-0.25, -0.2) is 9.18 Å². The first-order valence-corrected chi connectivity index (χ1v) is 3.60. The molecule has 1 rings (SSSR count). The number of halogens is 1. The lowest BCUT2D eigenvalue weighted by atomic mass is 10.1. The highest BCUT2D eigenvalue weighted by Crippen LogP contribution is 2.10. The van der Waals surface area contributed by atoms with Crippen molar-refractivity contribution < 1.29 is 19.1 Å². The molecule has 0 aliphatic carbocycles. The minimum atomic E-state index is -1.33. The van der Waals surface area contributed by atoms with Crippen molar-refractivity contribution in [3.05, 3.63) is 35.1 Å². The Labute approximate surface area is 73.8 Å². The molecular formula is C9H7FO3. The van der Waals surface area contributed by atoms with E-state index in [9.17, 15) is 14.0 Å². The van der Waals surface area contributed by atoms with Gasteiger partial charge in [0.2, 0.25) is 0 Å². The van der Waals surface area contributed by atoms with E-state index in [0.717, 1.165) is 12.1 Å². The van der Waals surface area contributed by atoms with Crippen LogP contribution in [0, 0.1) is 5.82 Å². The van der Waals surface area contributed by atoms with E-state index in [0.29, 0.717) is 11.8 Å². The van der Waals surface area contributed by atoms with Gasteiger partial charge in [-0.05, 0) is 17.7 Å². The fourth-order valence-electron chi connectivity index (χ4n) is 0.960. The molecule has 13 heavy (non-hydrogen) atoms. The molecule has 0 fully saturated rings. The Morgan fingerprint density at radius 1 is 1.54 bits per heavy atom. The molecule has 0 saturated carbocycles. The maximum atomic E-state index is 12.8. The van der Waals surface area contributed by atoms with Gasteiger partial charge < -0.3 is 9.90 Å². The summed E-state index contributed by atoms with van der Waals surface area (Å²) in [6.07, 6.45) is 0.736. The number of aldehydes is 1. The first-order valence-electron chi connectivity index (χ1n) is 3.60. The molecule has 68 valence electrons. The zero-order valence-corrected chi connectivity index (χ0v) is 6.66. The van der Waals surface area contributed by atoms with E-state index in [1.54, 1.807) is 0 Å². The maximum Gasteiger partial charge on any atom is 0.338 e. The van der Waals surface area contributed by atoms with Crippen LogP contribution in [0.15, 0.2) is 18.2 Å². The Kier molecular flexibility index (Phi) is 2.74. The summed E-state index contributed by atoms with van der Waals surface area (Å²) in [6, 6.07) is 3.59. The van der Waals surface area contributed by atoms with Crippen LogP contribution in [0.25, 0.3) is 0 Å². The highest BCUT2D eigenvalue weighted by molar-refractivity contribution is 5.88. The zero-order valence-electron chi connectivity index (χ0n) is 6.66. The SMILES string of the molecule is O=CCc1ccc(F)c(C(=O)O)c1. The quantitative estimate of drug-likeness (QED) is 0.716. The van der Waals surface area contributed by atoms with Crippen LogP contribution in [0.4, 0.5) is 4.39 Å². The molecule has 0 radical (unpaired) electrons. The minimum Gasteiger partial charge on any atom is -0.478 e. The van der Waals surface area contributed by atoms with Gasteiger partial charge in [-0.2, -0.15) is 0 Å². The van der Waals surface area contributed by atoms with E-state index in [1.807, 2.05) is 0 Å². The lowest BCUT2D eigenvalue weighted by Gasteiger charge is -1.99. The van der Waals surface area contributed by atoms with Gasteiger partial charge in [0.15, 0.2) is 0 Å². The van der Waals surface area contributed by atoms with Gasteiger partial charge in [0.25, 0.3) is 0 Å². The minimum absolute atomic E-state index is 0.0978. The number of hydrogen-bond donors (Lipinski definition) is 1. The Morgan fingerprint density at radius 2 is 2.23 bits per heavy atom. The first kappa shape index (κ1) is 9.38. The highest BCUT2D eigenvalue weighted by atomic mass is 19.1. The van der Waals surface area contributed by atoms with Gasteiger partial charge in [-0.15, -0.1) is 0 Å². The van der Waals surface area contributed by atoms with Gasteiger partial charge in [-0.3, -0.25) is 0 Å². The Hall–Kier alpha value is -1.71. The van der Waals surface area contributed by atoms with Crippen molar-refractivity contribution in [3.8, 4) is 0 Å². The molecule has 0 aromatic heterocycles. The van der Waals surface area contributed by atoms with E-state index in [1.165, 1.54) is 6.07 Å². The van der Waals surface area contributed by atoms with Crippen molar-refractivity contribution in [2.24, 2.45) is 0 Å². The summed E-state index contributed by atoms with van der Waals surface area (Å²) >= 11 is 0. The molecule has 0 aliphatic heterocycles. The fraction of sp³-hybridized carbons (Fsp3) is 0.111. The van der Waals surface area contributed by atoms with E-state index in [-0.39, 0.29) is 6.42 Å². The van der Waals surface area contributed by atoms with E-state index >= 15 is 0 Å². The average Bonchev–Trinajstić information content (AvgIpc) is 2.08. The Morgan fingerprint density at radius 3 is 2.77 bits per heavy atom. The van der Waals surface area contributed by atoms with Crippen molar-refractivity contribution in [2.75, 3.05) is 0 Å². The summed E-state index contributed by atoms with van der Waals surface area (Å²) in [6.45, 7) is 0. The third-order valence-corrected chi connectivity index (χ3v) is 1.58. The zero-order chi connectivity index (χ0) is 9.84. The molecule has 0 spiro atoms. The van der Waals surface area contributed by atoms with Crippen LogP contribution in [-0.4, -0.2) is 17.4 Å². The number of carbonyl (C=O) groups excluding carboxylic acids is 1. The lowest BCUT2D eigenvalue weighted by molar-refractivity contribution is -0.107. The van der Waals surface area contributed by atoms with Gasteiger partial charge in [0.05, 0.1) is 5.56 Å². The van der Waals surface area contributed by atoms with Crippen LogP contribution in [0.5, 0.6) is 0 Å². The van der Waals surface area contributed by atoms with Crippen molar-refractivity contribution in [1.29, 1.82) is 0 Å². The molecule has 0 heterocycles. The fourth-order valence-corrected chi connectivity index (χ4v) is 0.960. The molecule has 0 aliphatic rings. The van der Waals surface area contributed by atoms with Gasteiger partial charge >= 0.3 is 5.97 Å². The molecule has 0 amide bonds. The standard InChI is InChI=1S/C9H7FO3/c10-8-2-1-6(3-4-11)5-7(8)9(12)13/h1-2,4-5H,3H2,(H,12,13). The summed E-state index contributed by atoms with van der Waals surface area (Å²) < 4.78 is 12.8. The molecule has 0 bridgehead atoms. The van der Waals surface area contributed by atoms with Crippen LogP contribution in [0.1, 0.15) is 15.9 Å². The van der Waals surface area contributed by atoms with Gasteiger partial charge in [-0.1, -0.05) is 6.07 Å². The number of carboxylic acids is 1. The van der Waals surface area contributed by atoms with Crippen LogP contribution >= 0.6 is 0 Å². The normalized spacial score (nSPS) is 9.62. The molecule has 1 aromatic rings. The summed E-state index contributed by atoms with van der Waals surface area (Å²) in [5, 5.41) is 8.53. The number of benzene rings is 1. The second-order valence-corrected chi connectivity index (χ2v) is 2.49. The summed E-state index contributed by atoms with van der Waals surface area (Å²) in [5.41, 5.74) is 0.0909. The summed E-state index contributed by atoms with van der Waals surface area (Å²) in [5.74, 6) is -2.12. The highest BCUT2D eigenvalue weighted by Gasteiger charge is 2.09. The molecule has 0 unspecified atom stereocenters. The number of carbonyl (C=O) groups is 2. The molecule has 0 saturated heterocycles. The number of carboxylic acid groups (broad SMARTS) is 1. The predicted octanol–water partition coefficient (Wildman–Crippen LogP) is 1.27. The molecule has 4 heteroatoms. The smallest absolute Gasteiger partial charge is 0.338 e. The largest absolute Gasteiger partial charge is 0.478 e. The number of hydrogen-bond acceptors (Lipinski definition) is 2. The van der Waals surface area contributed by atoms with Crippen molar-refractivity contribution >= 4 is 12.3 Å². The lowest BCUT2D eigenvalue weighted by Crippen LogP contribution is -2.01. The van der Waals surface area contributed by atoms with E-state index in [2.05, 4.69) is 0 Å². The number of rotatable bonds is 3. The third kappa shape index (κ3) is 2.11. The third-order valence-electron chi connectivity index (χ3n) is 1.58. The van der Waals surface area contributed by atoms with Gasteiger partial charge in [0.1, 0.15) is 12.1 Å². The van der Waals surface area contributed by atoms with Crippen LogP contribution in [0.2, 0.25) is 0 Å². The molecule has 3 nitrogen and oxygen atoms in total. The Bertz CT molecular complexity index is 347. The van der Waals surface area contributed by atoms with Crippen LogP contribution in [0.3, 0.4) is 0 Å². The Balaban J connectivity index is 3.10. The topological polar surface area (TPSA) is 54.4 Å². The monoisotopic (exact) mass is 182 g/mol. The van der Waals surface area contributed by atoms with Crippen LogP contribution in [-0.2, 0) is 11.2 Å². The van der Waals surface area contributed by atoms with Crippen LogP contribution < -0.4 is 0 Å². The maximum absolute atomic E-state index is 12.8. The van der Waals surface area contributed by atoms with Crippen molar-refractivity contribution in [3.63, 3.8) is 0 Å². The molecule has 1 N–H and O–H groups in total. The second kappa shape index (κ2) is 3.80. The molecular weight excluding hydrogens is 175 g/mol. The van der Waals surface area contributed by atoms with Gasteiger partial charge in [0, 0.05) is 6.42 Å². The summed E-state index contributed by atoms with van der Waals surface area (Å²) in [4.78, 5) is 20.5. The predicted molar refractivity (Wildman–Crippen MR) is 43.1 cm³/mol. The molecule has 1 aromatic carbocycles. The first-order chi connectivity index (χ1) is 6.15. The van der Waals surface area contributed by atoms with Crippen molar-refractivity contribution in [2.45, 2.75) is 6.42 Å². The summed E-state index contributed by atoms with van der Waals surface area (Å²) in [7, 11) is 0. The van der Waals surface area contributed by atoms with E-state index < -0.39 is 17.3 Å². The molecule has 0 atom stereocenters. The number of aromatic carboxylic acids is 1. The second-order valence-electron chi connectivity index (χ2n) is 2.49. The average molecular weight is 182 g/mol. The van der Waals surface area contributed by atoms with Crippen molar-refractivity contribution in [1.82, 2.24) is 0 Å².